The van der Waals surface area contributed by atoms with Crippen LogP contribution in [0.1, 0.15) is 6.42 Å². The van der Waals surface area contributed by atoms with Gasteiger partial charge < -0.3 is 9.64 Å². The highest BCUT2D eigenvalue weighted by Crippen LogP contribution is 2.29. The average molecular weight is 400 g/mol. The smallest absolute Gasteiger partial charge is 0.251 e. The van der Waals surface area contributed by atoms with Gasteiger partial charge in [0.1, 0.15) is 5.75 Å². The van der Waals surface area contributed by atoms with Gasteiger partial charge in [0.05, 0.1) is 25.3 Å². The molecule has 2 amide bonds. The van der Waals surface area contributed by atoms with Crippen molar-refractivity contribution in [2.75, 3.05) is 43.1 Å². The van der Waals surface area contributed by atoms with Crippen molar-refractivity contribution >= 4 is 34.8 Å². The van der Waals surface area contributed by atoms with Gasteiger partial charge >= 0.3 is 0 Å². The predicted octanol–water partition coefficient (Wildman–Crippen LogP) is 2.80. The van der Waals surface area contributed by atoms with Gasteiger partial charge in [0.15, 0.2) is 0 Å². The molecule has 0 bridgehead atoms. The Bertz CT molecular complexity index is 879. The second-order valence-electron chi connectivity index (χ2n) is 6.99. The lowest BCUT2D eigenvalue weighted by molar-refractivity contribution is -0.123. The monoisotopic (exact) mass is 399 g/mol. The van der Waals surface area contributed by atoms with Crippen LogP contribution in [0.15, 0.2) is 48.5 Å². The predicted molar refractivity (Wildman–Crippen MR) is 109 cm³/mol. The standard InChI is InChI=1S/C21H22ClN3O3/c1-28-18-7-5-16(6-8-18)23-9-11-24(12-10-23)19-14-20(26)25(21(19)27)17-4-2-3-15(22)13-17/h2-8,13,19H,9-12,14H2,1H3/t19-/m1/s1. The van der Waals surface area contributed by atoms with Crippen molar-refractivity contribution in [1.29, 1.82) is 0 Å². The van der Waals surface area contributed by atoms with Gasteiger partial charge in [-0.3, -0.25) is 14.5 Å². The zero-order valence-corrected chi connectivity index (χ0v) is 16.4. The summed E-state index contributed by atoms with van der Waals surface area (Å²) in [5, 5.41) is 0.509. The SMILES string of the molecule is COc1ccc(N2CCN([C@@H]3CC(=O)N(c4cccc(Cl)c4)C3=O)CC2)cc1. The summed E-state index contributed by atoms with van der Waals surface area (Å²) in [4.78, 5) is 31.1. The van der Waals surface area contributed by atoms with E-state index in [0.29, 0.717) is 10.7 Å². The van der Waals surface area contributed by atoms with E-state index in [9.17, 15) is 9.59 Å². The summed E-state index contributed by atoms with van der Waals surface area (Å²) in [6.07, 6.45) is 0.216. The first-order valence-electron chi connectivity index (χ1n) is 9.32. The van der Waals surface area contributed by atoms with E-state index in [1.165, 1.54) is 4.90 Å². The van der Waals surface area contributed by atoms with E-state index in [0.717, 1.165) is 37.6 Å². The first-order chi connectivity index (χ1) is 13.6. The van der Waals surface area contributed by atoms with E-state index < -0.39 is 6.04 Å². The van der Waals surface area contributed by atoms with Crippen LogP contribution in [0.5, 0.6) is 5.75 Å². The highest BCUT2D eigenvalue weighted by molar-refractivity contribution is 6.31. The minimum absolute atomic E-state index is 0.162. The molecule has 0 N–H and O–H groups in total. The van der Waals surface area contributed by atoms with Gasteiger partial charge in [-0.1, -0.05) is 17.7 Å². The molecule has 2 saturated heterocycles. The number of halogens is 1. The van der Waals surface area contributed by atoms with E-state index in [4.69, 9.17) is 16.3 Å². The lowest BCUT2D eigenvalue weighted by Gasteiger charge is -2.38. The fraction of sp³-hybridized carbons (Fsp3) is 0.333. The lowest BCUT2D eigenvalue weighted by Crippen LogP contribution is -2.52. The van der Waals surface area contributed by atoms with Crippen LogP contribution in [0, 0.1) is 0 Å². The Balaban J connectivity index is 1.42. The number of imide groups is 1. The molecule has 0 unspecified atom stereocenters. The van der Waals surface area contributed by atoms with Crippen LogP contribution < -0.4 is 14.5 Å². The fourth-order valence-electron chi connectivity index (χ4n) is 3.87. The number of anilines is 2. The zero-order valence-electron chi connectivity index (χ0n) is 15.7. The van der Waals surface area contributed by atoms with Crippen LogP contribution in [0.25, 0.3) is 0 Å². The molecular weight excluding hydrogens is 378 g/mol. The maximum absolute atomic E-state index is 12.9. The molecule has 0 saturated carbocycles. The molecule has 0 aliphatic carbocycles. The normalized spacial score (nSPS) is 20.7. The number of benzene rings is 2. The number of methoxy groups -OCH3 is 1. The van der Waals surface area contributed by atoms with Crippen molar-refractivity contribution in [2.45, 2.75) is 12.5 Å². The minimum atomic E-state index is -0.399. The van der Waals surface area contributed by atoms with E-state index >= 15 is 0 Å². The van der Waals surface area contributed by atoms with Crippen LogP contribution in [-0.4, -0.2) is 56.0 Å². The summed E-state index contributed by atoms with van der Waals surface area (Å²) in [5.74, 6) is 0.499. The Morgan fingerprint density at radius 2 is 1.68 bits per heavy atom. The number of rotatable bonds is 4. The van der Waals surface area contributed by atoms with Gasteiger partial charge in [-0.05, 0) is 42.5 Å². The average Bonchev–Trinajstić information content (AvgIpc) is 3.02. The number of piperazine rings is 1. The molecule has 28 heavy (non-hydrogen) atoms. The number of hydrogen-bond donors (Lipinski definition) is 0. The van der Waals surface area contributed by atoms with Gasteiger partial charge in [0.25, 0.3) is 5.91 Å². The molecule has 0 aromatic heterocycles. The molecule has 7 heteroatoms. The highest BCUT2D eigenvalue weighted by Gasteiger charge is 2.43. The van der Waals surface area contributed by atoms with Crippen LogP contribution in [0.3, 0.4) is 0 Å². The molecule has 4 rings (SSSR count). The quantitative estimate of drug-likeness (QED) is 0.740. The molecule has 2 aliphatic rings. The number of carbonyl (C=O) groups excluding carboxylic acids is 2. The lowest BCUT2D eigenvalue weighted by atomic mass is 10.1. The Kier molecular flexibility index (Phi) is 5.24. The zero-order chi connectivity index (χ0) is 19.7. The van der Waals surface area contributed by atoms with Crippen LogP contribution in [-0.2, 0) is 9.59 Å². The molecule has 2 aromatic rings. The third kappa shape index (κ3) is 3.57. The largest absolute Gasteiger partial charge is 0.497 e. The van der Waals surface area contributed by atoms with Crippen molar-refractivity contribution in [2.24, 2.45) is 0 Å². The molecule has 2 heterocycles. The molecule has 0 radical (unpaired) electrons. The molecule has 2 fully saturated rings. The third-order valence-corrected chi connectivity index (χ3v) is 5.62. The number of hydrogen-bond acceptors (Lipinski definition) is 5. The molecular formula is C21H22ClN3O3. The highest BCUT2D eigenvalue weighted by atomic mass is 35.5. The second kappa shape index (κ2) is 7.81. The first kappa shape index (κ1) is 18.8. The van der Waals surface area contributed by atoms with Crippen LogP contribution in [0.4, 0.5) is 11.4 Å². The number of nitrogens with zero attached hydrogens (tertiary/aromatic N) is 3. The van der Waals surface area contributed by atoms with E-state index in [2.05, 4.69) is 9.80 Å². The Morgan fingerprint density at radius 3 is 2.32 bits per heavy atom. The molecule has 6 nitrogen and oxygen atoms in total. The van der Waals surface area contributed by atoms with E-state index in [1.807, 2.05) is 24.3 Å². The maximum atomic E-state index is 12.9. The van der Waals surface area contributed by atoms with Crippen molar-refractivity contribution in [3.63, 3.8) is 0 Å². The first-order valence-corrected chi connectivity index (χ1v) is 9.70. The van der Waals surface area contributed by atoms with Crippen molar-refractivity contribution in [1.82, 2.24) is 4.90 Å². The fourth-order valence-corrected chi connectivity index (χ4v) is 4.06. The van der Waals surface area contributed by atoms with Crippen LogP contribution >= 0.6 is 11.6 Å². The Labute approximate surface area is 169 Å². The van der Waals surface area contributed by atoms with Crippen LogP contribution in [0.2, 0.25) is 5.02 Å². The number of amides is 2. The maximum Gasteiger partial charge on any atom is 0.251 e. The Hall–Kier alpha value is -2.57. The molecule has 0 spiro atoms. The molecule has 146 valence electrons. The Morgan fingerprint density at radius 1 is 0.964 bits per heavy atom. The van der Waals surface area contributed by atoms with Gasteiger partial charge in [0, 0.05) is 36.9 Å². The second-order valence-corrected chi connectivity index (χ2v) is 7.42. The minimum Gasteiger partial charge on any atom is -0.497 e. The summed E-state index contributed by atoms with van der Waals surface area (Å²) < 4.78 is 5.21. The molecule has 1 atom stereocenters. The summed E-state index contributed by atoms with van der Waals surface area (Å²) in [6.45, 7) is 3.08. The molecule has 2 aliphatic heterocycles. The van der Waals surface area contributed by atoms with Crippen molar-refractivity contribution in [3.05, 3.63) is 53.6 Å². The van der Waals surface area contributed by atoms with Gasteiger partial charge in [-0.25, -0.2) is 4.90 Å². The van der Waals surface area contributed by atoms with Crippen molar-refractivity contribution < 1.29 is 14.3 Å². The van der Waals surface area contributed by atoms with Gasteiger partial charge in [-0.15, -0.1) is 0 Å². The topological polar surface area (TPSA) is 53.1 Å². The summed E-state index contributed by atoms with van der Waals surface area (Å²) in [5.41, 5.74) is 1.68. The number of carbonyl (C=O) groups is 2. The summed E-state index contributed by atoms with van der Waals surface area (Å²) in [7, 11) is 1.65. The van der Waals surface area contributed by atoms with E-state index in [1.54, 1.807) is 31.4 Å². The molecule has 2 aromatic carbocycles. The van der Waals surface area contributed by atoms with Gasteiger partial charge in [0.2, 0.25) is 5.91 Å². The number of ether oxygens (including phenoxy) is 1. The van der Waals surface area contributed by atoms with Gasteiger partial charge in [-0.2, -0.15) is 0 Å². The summed E-state index contributed by atoms with van der Waals surface area (Å²) >= 11 is 6.02. The third-order valence-electron chi connectivity index (χ3n) is 5.38. The van der Waals surface area contributed by atoms with E-state index in [-0.39, 0.29) is 18.2 Å². The van der Waals surface area contributed by atoms with Crippen molar-refractivity contribution in [3.8, 4) is 5.75 Å². The summed E-state index contributed by atoms with van der Waals surface area (Å²) in [6, 6.07) is 14.5.